The molecule has 0 aliphatic heterocycles. The number of aromatic nitrogens is 1. The number of hydrogen-bond acceptors (Lipinski definition) is 4. The first-order chi connectivity index (χ1) is 13.0. The smallest absolute Gasteiger partial charge is 0.239 e. The number of benzene rings is 1. The molecule has 7 heteroatoms. The van der Waals surface area contributed by atoms with Crippen LogP contribution < -0.4 is 5.32 Å². The first kappa shape index (κ1) is 18.6. The summed E-state index contributed by atoms with van der Waals surface area (Å²) in [6.07, 6.45) is -0.0581. The molecule has 0 bridgehead atoms. The molecule has 1 amide bonds. The van der Waals surface area contributed by atoms with Crippen LogP contribution in [0.5, 0.6) is 0 Å². The fourth-order valence-corrected chi connectivity index (χ4v) is 2.67. The Balaban J connectivity index is 1.81. The number of amides is 1. The molecule has 0 radical (unpaired) electrons. The molecule has 1 fully saturated rings. The summed E-state index contributed by atoms with van der Waals surface area (Å²) in [5.74, 6) is -0.438. The van der Waals surface area contributed by atoms with Gasteiger partial charge in [-0.25, -0.2) is 8.78 Å². The topological polar surface area (TPSA) is 82.8 Å². The van der Waals surface area contributed by atoms with Crippen LogP contribution in [0.3, 0.4) is 0 Å². The van der Waals surface area contributed by atoms with Crippen LogP contribution in [0, 0.1) is 17.2 Å². The molecule has 138 valence electrons. The molecule has 1 aromatic heterocycles. The quantitative estimate of drug-likeness (QED) is 0.742. The number of carbonyl (C=O) groups excluding carboxylic acids is 2. The van der Waals surface area contributed by atoms with Crippen LogP contribution in [0.4, 0.5) is 14.5 Å². The standard InChI is InChI=1S/C20H17F2N3O2/c21-19(22)6-5-18(26)16-4-3-13(9-14(16)11-23)17-10-15(7-8-24-17)25-20(27)12-1-2-12/h3-4,7-10,12,19H,1-2,5-6H2,(H,24,25,27). The normalized spacial score (nSPS) is 13.3. The zero-order valence-electron chi connectivity index (χ0n) is 14.4. The van der Waals surface area contributed by atoms with Gasteiger partial charge in [0.05, 0.1) is 17.3 Å². The molecular formula is C20H17F2N3O2. The number of pyridine rings is 1. The summed E-state index contributed by atoms with van der Waals surface area (Å²) in [6, 6.07) is 9.88. The van der Waals surface area contributed by atoms with Crippen molar-refractivity contribution in [3.05, 3.63) is 47.7 Å². The number of hydrogen-bond donors (Lipinski definition) is 1. The highest BCUT2D eigenvalue weighted by Crippen LogP contribution is 2.31. The van der Waals surface area contributed by atoms with Crippen molar-refractivity contribution in [2.75, 3.05) is 5.32 Å². The lowest BCUT2D eigenvalue weighted by atomic mass is 9.97. The maximum absolute atomic E-state index is 12.3. The van der Waals surface area contributed by atoms with E-state index in [1.165, 1.54) is 12.1 Å². The van der Waals surface area contributed by atoms with E-state index in [1.54, 1.807) is 24.4 Å². The molecule has 1 N–H and O–H groups in total. The number of nitriles is 1. The monoisotopic (exact) mass is 369 g/mol. The molecule has 0 spiro atoms. The van der Waals surface area contributed by atoms with Crippen LogP contribution in [0.2, 0.25) is 0 Å². The fraction of sp³-hybridized carbons (Fsp3) is 0.300. The van der Waals surface area contributed by atoms with Gasteiger partial charge in [-0.05, 0) is 37.1 Å². The fourth-order valence-electron chi connectivity index (χ4n) is 2.67. The third-order valence-corrected chi connectivity index (χ3v) is 4.30. The minimum atomic E-state index is -2.56. The summed E-state index contributed by atoms with van der Waals surface area (Å²) in [5.41, 5.74) is 1.97. The van der Waals surface area contributed by atoms with Gasteiger partial charge in [-0.2, -0.15) is 5.26 Å². The van der Waals surface area contributed by atoms with Gasteiger partial charge in [0.15, 0.2) is 5.78 Å². The van der Waals surface area contributed by atoms with Gasteiger partial charge in [0.2, 0.25) is 12.3 Å². The highest BCUT2D eigenvalue weighted by atomic mass is 19.3. The second-order valence-corrected chi connectivity index (χ2v) is 6.42. The molecule has 0 saturated heterocycles. The van der Waals surface area contributed by atoms with Gasteiger partial charge in [0, 0.05) is 41.8 Å². The largest absolute Gasteiger partial charge is 0.326 e. The Bertz CT molecular complexity index is 918. The van der Waals surface area contributed by atoms with Crippen molar-refractivity contribution in [2.24, 2.45) is 5.92 Å². The van der Waals surface area contributed by atoms with E-state index in [9.17, 15) is 23.6 Å². The van der Waals surface area contributed by atoms with E-state index in [0.717, 1.165) is 12.8 Å². The van der Waals surface area contributed by atoms with Crippen LogP contribution in [-0.4, -0.2) is 23.1 Å². The highest BCUT2D eigenvalue weighted by Gasteiger charge is 2.29. The summed E-state index contributed by atoms with van der Waals surface area (Å²) >= 11 is 0. The number of ketones is 1. The molecule has 0 unspecified atom stereocenters. The summed E-state index contributed by atoms with van der Waals surface area (Å²) in [5, 5.41) is 12.2. The zero-order valence-corrected chi connectivity index (χ0v) is 14.4. The van der Waals surface area contributed by atoms with Crippen molar-refractivity contribution < 1.29 is 18.4 Å². The number of nitrogens with zero attached hydrogens (tertiary/aromatic N) is 2. The third kappa shape index (κ3) is 4.73. The Morgan fingerprint density at radius 2 is 2.04 bits per heavy atom. The molecule has 1 aliphatic rings. The van der Waals surface area contributed by atoms with Crippen LogP contribution >= 0.6 is 0 Å². The number of anilines is 1. The average molecular weight is 369 g/mol. The predicted molar refractivity (Wildman–Crippen MR) is 95.3 cm³/mol. The summed E-state index contributed by atoms with van der Waals surface area (Å²) in [7, 11) is 0. The van der Waals surface area contributed by atoms with Gasteiger partial charge < -0.3 is 5.32 Å². The van der Waals surface area contributed by atoms with Gasteiger partial charge in [-0.1, -0.05) is 6.07 Å². The van der Waals surface area contributed by atoms with Gasteiger partial charge in [-0.15, -0.1) is 0 Å². The molecule has 2 aromatic rings. The van der Waals surface area contributed by atoms with Crippen molar-refractivity contribution in [1.29, 1.82) is 5.26 Å². The lowest BCUT2D eigenvalue weighted by molar-refractivity contribution is -0.117. The number of halogens is 2. The van der Waals surface area contributed by atoms with E-state index in [4.69, 9.17) is 0 Å². The lowest BCUT2D eigenvalue weighted by Crippen LogP contribution is -2.13. The summed E-state index contributed by atoms with van der Waals surface area (Å²) in [6.45, 7) is 0. The van der Waals surface area contributed by atoms with Crippen molar-refractivity contribution in [3.8, 4) is 17.3 Å². The first-order valence-corrected chi connectivity index (χ1v) is 8.60. The SMILES string of the molecule is N#Cc1cc(-c2cc(NC(=O)C3CC3)ccn2)ccc1C(=O)CCC(F)F. The average Bonchev–Trinajstić information content (AvgIpc) is 3.51. The Hall–Kier alpha value is -3.14. The van der Waals surface area contributed by atoms with Crippen molar-refractivity contribution in [2.45, 2.75) is 32.1 Å². The van der Waals surface area contributed by atoms with Gasteiger partial charge >= 0.3 is 0 Å². The van der Waals surface area contributed by atoms with E-state index in [-0.39, 0.29) is 29.4 Å². The van der Waals surface area contributed by atoms with Crippen LogP contribution in [-0.2, 0) is 4.79 Å². The number of carbonyl (C=O) groups is 2. The molecule has 1 aliphatic carbocycles. The minimum Gasteiger partial charge on any atom is -0.326 e. The zero-order chi connectivity index (χ0) is 19.4. The van der Waals surface area contributed by atoms with Crippen LogP contribution in [0.25, 0.3) is 11.3 Å². The highest BCUT2D eigenvalue weighted by molar-refractivity contribution is 5.99. The maximum atomic E-state index is 12.3. The number of alkyl halides is 2. The van der Waals surface area contributed by atoms with E-state index in [0.29, 0.717) is 16.9 Å². The Kier molecular flexibility index (Phi) is 5.55. The van der Waals surface area contributed by atoms with Crippen molar-refractivity contribution in [1.82, 2.24) is 4.98 Å². The number of nitrogens with one attached hydrogen (secondary N) is 1. The number of Topliss-reactive ketones (excluding diaryl/α,β-unsaturated/α-hetero) is 1. The Morgan fingerprint density at radius 1 is 1.26 bits per heavy atom. The van der Waals surface area contributed by atoms with Crippen molar-refractivity contribution in [3.63, 3.8) is 0 Å². The summed E-state index contributed by atoms with van der Waals surface area (Å²) < 4.78 is 24.6. The van der Waals surface area contributed by atoms with Gasteiger partial charge in [0.25, 0.3) is 0 Å². The molecule has 5 nitrogen and oxygen atoms in total. The van der Waals surface area contributed by atoms with Gasteiger partial charge in [-0.3, -0.25) is 14.6 Å². The first-order valence-electron chi connectivity index (χ1n) is 8.60. The Labute approximate surface area is 155 Å². The number of rotatable bonds is 7. The molecule has 27 heavy (non-hydrogen) atoms. The molecular weight excluding hydrogens is 352 g/mol. The van der Waals surface area contributed by atoms with E-state index in [2.05, 4.69) is 10.3 Å². The lowest BCUT2D eigenvalue weighted by Gasteiger charge is -2.09. The van der Waals surface area contributed by atoms with E-state index >= 15 is 0 Å². The second kappa shape index (κ2) is 8.04. The predicted octanol–water partition coefficient (Wildman–Crippen LogP) is 4.20. The molecule has 0 atom stereocenters. The van der Waals surface area contributed by atoms with E-state index < -0.39 is 18.6 Å². The maximum Gasteiger partial charge on any atom is 0.239 e. The van der Waals surface area contributed by atoms with Gasteiger partial charge in [0.1, 0.15) is 0 Å². The van der Waals surface area contributed by atoms with Crippen LogP contribution in [0.1, 0.15) is 41.6 Å². The minimum absolute atomic E-state index is 0.0233. The molecule has 1 saturated carbocycles. The molecule has 1 aromatic carbocycles. The summed E-state index contributed by atoms with van der Waals surface area (Å²) in [4.78, 5) is 28.2. The van der Waals surface area contributed by atoms with Crippen molar-refractivity contribution >= 4 is 17.4 Å². The molecule has 1 heterocycles. The third-order valence-electron chi connectivity index (χ3n) is 4.30. The van der Waals surface area contributed by atoms with Crippen LogP contribution in [0.15, 0.2) is 36.5 Å². The molecule has 3 rings (SSSR count). The second-order valence-electron chi connectivity index (χ2n) is 6.42. The Morgan fingerprint density at radius 3 is 2.70 bits per heavy atom. The van der Waals surface area contributed by atoms with E-state index in [1.807, 2.05) is 6.07 Å².